The average molecular weight is 522 g/mol. The van der Waals surface area contributed by atoms with Crippen LogP contribution in [0.15, 0.2) is 33.5 Å². The number of sulfonamides is 1. The van der Waals surface area contributed by atoms with Gasteiger partial charge in [-0.05, 0) is 51.3 Å². The Hall–Kier alpha value is -2.66. The van der Waals surface area contributed by atoms with E-state index in [0.717, 1.165) is 24.8 Å². The molecule has 1 atom stereocenters. The minimum Gasteiger partial charge on any atom is -0.330 e. The molecule has 1 amide bonds. The van der Waals surface area contributed by atoms with Crippen molar-refractivity contribution in [2.75, 3.05) is 17.5 Å². The second kappa shape index (κ2) is 8.36. The Kier molecular flexibility index (Phi) is 5.89. The van der Waals surface area contributed by atoms with Crippen LogP contribution in [0, 0.1) is 13.8 Å². The van der Waals surface area contributed by atoms with Crippen LogP contribution in [0.1, 0.15) is 52.6 Å². The Labute approximate surface area is 194 Å². The van der Waals surface area contributed by atoms with E-state index in [-0.39, 0.29) is 28.8 Å². The van der Waals surface area contributed by atoms with E-state index >= 15 is 0 Å². The number of nitrogens with zero attached hydrogens (tertiary/aromatic N) is 3. The van der Waals surface area contributed by atoms with Crippen LogP contribution < -0.4 is 10.3 Å². The van der Waals surface area contributed by atoms with Gasteiger partial charge < -0.3 is 4.90 Å². The van der Waals surface area contributed by atoms with E-state index in [4.69, 9.17) is 0 Å². The van der Waals surface area contributed by atoms with Crippen LogP contribution >= 0.6 is 15.9 Å². The molecule has 0 saturated carbocycles. The molecule has 2 aromatic heterocycles. The molecule has 32 heavy (non-hydrogen) atoms. The summed E-state index contributed by atoms with van der Waals surface area (Å²) in [4.78, 5) is 32.5. The highest BCUT2D eigenvalue weighted by molar-refractivity contribution is 9.10. The van der Waals surface area contributed by atoms with Crippen molar-refractivity contribution >= 4 is 43.2 Å². The molecule has 0 bridgehead atoms. The van der Waals surface area contributed by atoms with Crippen molar-refractivity contribution in [1.29, 1.82) is 0 Å². The second-order valence-electron chi connectivity index (χ2n) is 8.11. The molecule has 0 radical (unpaired) electrons. The number of benzene rings is 1. The van der Waals surface area contributed by atoms with Gasteiger partial charge in [-0.1, -0.05) is 15.9 Å². The lowest BCUT2D eigenvalue weighted by Gasteiger charge is -2.35. The second-order valence-corrected chi connectivity index (χ2v) is 10.8. The number of piperidine rings is 1. The van der Waals surface area contributed by atoms with Gasteiger partial charge in [-0.2, -0.15) is 0 Å². The topological polar surface area (TPSA) is 117 Å². The van der Waals surface area contributed by atoms with Gasteiger partial charge in [0, 0.05) is 28.3 Å². The largest absolute Gasteiger partial charge is 0.330 e. The zero-order chi connectivity index (χ0) is 23.2. The van der Waals surface area contributed by atoms with E-state index < -0.39 is 10.0 Å². The fourth-order valence-corrected chi connectivity index (χ4v) is 4.98. The van der Waals surface area contributed by atoms with Crippen molar-refractivity contribution in [2.24, 2.45) is 0 Å². The normalized spacial score (nSPS) is 17.0. The van der Waals surface area contributed by atoms with Crippen molar-refractivity contribution in [3.63, 3.8) is 0 Å². The van der Waals surface area contributed by atoms with E-state index in [1.807, 2.05) is 0 Å². The number of halogens is 1. The molecule has 1 fully saturated rings. The first kappa shape index (κ1) is 22.5. The number of nitrogens with one attached hydrogen (secondary N) is 2. The quantitative estimate of drug-likeness (QED) is 0.546. The summed E-state index contributed by atoms with van der Waals surface area (Å²) in [7, 11) is -3.56. The number of fused-ring (bicyclic) bond motifs is 1. The molecule has 11 heteroatoms. The van der Waals surface area contributed by atoms with Crippen LogP contribution in [0.2, 0.25) is 0 Å². The molecule has 170 valence electrons. The Morgan fingerprint density at radius 1 is 1.25 bits per heavy atom. The number of aromatic amines is 1. The molecular formula is C21H24BrN5O4S. The fourth-order valence-electron chi connectivity index (χ4n) is 4.04. The maximum absolute atomic E-state index is 13.6. The monoisotopic (exact) mass is 521 g/mol. The Morgan fingerprint density at radius 3 is 2.72 bits per heavy atom. The van der Waals surface area contributed by atoms with Crippen LogP contribution in [-0.4, -0.2) is 46.6 Å². The lowest BCUT2D eigenvalue weighted by Crippen LogP contribution is -2.39. The number of aryl methyl sites for hydroxylation is 1. The number of hydrogen-bond acceptors (Lipinski definition) is 5. The number of carbonyl (C=O) groups excluding carboxylic acids is 1. The summed E-state index contributed by atoms with van der Waals surface area (Å²) in [6, 6.07) is 6.38. The highest BCUT2D eigenvalue weighted by Gasteiger charge is 2.32. The third-order valence-corrected chi connectivity index (χ3v) is 6.82. The minimum absolute atomic E-state index is 0.168. The molecular weight excluding hydrogens is 498 g/mol. The van der Waals surface area contributed by atoms with Crippen molar-refractivity contribution in [3.05, 3.63) is 61.6 Å². The summed E-state index contributed by atoms with van der Waals surface area (Å²) in [6.45, 7) is 4.05. The first-order chi connectivity index (χ1) is 15.0. The molecule has 2 N–H and O–H groups in total. The van der Waals surface area contributed by atoms with E-state index in [2.05, 4.69) is 30.7 Å². The predicted molar refractivity (Wildman–Crippen MR) is 126 cm³/mol. The molecule has 1 aliphatic heterocycles. The van der Waals surface area contributed by atoms with Crippen LogP contribution in [-0.2, 0) is 10.0 Å². The zero-order valence-corrected chi connectivity index (χ0v) is 20.4. The molecule has 3 aromatic rings. The summed E-state index contributed by atoms with van der Waals surface area (Å²) in [5, 5.41) is 3.13. The number of anilines is 1. The van der Waals surface area contributed by atoms with Gasteiger partial charge in [-0.3, -0.25) is 19.4 Å². The van der Waals surface area contributed by atoms with Crippen LogP contribution in [0.3, 0.4) is 0 Å². The fraction of sp³-hybridized carbons (Fsp3) is 0.381. The number of likely N-dealkylation sites (tertiary alicyclic amines) is 1. The third-order valence-electron chi connectivity index (χ3n) is 5.73. The first-order valence-corrected chi connectivity index (χ1v) is 12.9. The van der Waals surface area contributed by atoms with Gasteiger partial charge in [0.05, 0.1) is 29.2 Å². The standard InChI is InChI=1S/C21H24BrN5O4S/c1-12-13(2)23-19-11-17(24-27(19)20(12)28)18-6-4-5-9-26(18)21(29)15-10-14(22)7-8-16(15)25-32(3,30)31/h7-8,10-11,18,24-25H,4-6,9H2,1-3H3. The van der Waals surface area contributed by atoms with Crippen LogP contribution in [0.25, 0.3) is 5.65 Å². The van der Waals surface area contributed by atoms with E-state index in [1.165, 1.54) is 4.52 Å². The number of amides is 1. The molecule has 1 aromatic carbocycles. The molecule has 4 rings (SSSR count). The Bertz CT molecular complexity index is 1380. The van der Waals surface area contributed by atoms with Gasteiger partial charge in [0.2, 0.25) is 10.0 Å². The van der Waals surface area contributed by atoms with E-state index in [9.17, 15) is 18.0 Å². The van der Waals surface area contributed by atoms with E-state index in [1.54, 1.807) is 43.0 Å². The highest BCUT2D eigenvalue weighted by Crippen LogP contribution is 2.33. The van der Waals surface area contributed by atoms with Gasteiger partial charge >= 0.3 is 0 Å². The number of carbonyl (C=O) groups is 1. The minimum atomic E-state index is -3.56. The molecule has 0 spiro atoms. The third kappa shape index (κ3) is 4.31. The maximum atomic E-state index is 13.6. The summed E-state index contributed by atoms with van der Waals surface area (Å²) in [5.74, 6) is -0.284. The van der Waals surface area contributed by atoms with Crippen LogP contribution in [0.5, 0.6) is 0 Å². The molecule has 0 aliphatic carbocycles. The predicted octanol–water partition coefficient (Wildman–Crippen LogP) is 3.14. The lowest BCUT2D eigenvalue weighted by atomic mass is 9.98. The number of rotatable bonds is 4. The zero-order valence-electron chi connectivity index (χ0n) is 18.0. The molecule has 9 nitrogen and oxygen atoms in total. The van der Waals surface area contributed by atoms with Gasteiger partial charge in [-0.15, -0.1) is 0 Å². The Balaban J connectivity index is 1.76. The summed E-state index contributed by atoms with van der Waals surface area (Å²) < 4.78 is 28.1. The molecule has 1 unspecified atom stereocenters. The Morgan fingerprint density at radius 2 is 2.00 bits per heavy atom. The number of hydrogen-bond donors (Lipinski definition) is 2. The molecule has 1 saturated heterocycles. The van der Waals surface area contributed by atoms with Gasteiger partial charge in [-0.25, -0.2) is 17.9 Å². The van der Waals surface area contributed by atoms with Crippen molar-refractivity contribution in [1.82, 2.24) is 19.5 Å². The first-order valence-electron chi connectivity index (χ1n) is 10.2. The van der Waals surface area contributed by atoms with Gasteiger partial charge in [0.15, 0.2) is 5.65 Å². The molecule has 3 heterocycles. The number of H-pyrrole nitrogens is 1. The summed E-state index contributed by atoms with van der Waals surface area (Å²) in [6.07, 6.45) is 3.53. The lowest BCUT2D eigenvalue weighted by molar-refractivity contribution is 0.0606. The summed E-state index contributed by atoms with van der Waals surface area (Å²) in [5.41, 5.74) is 2.79. The number of aromatic nitrogens is 3. The van der Waals surface area contributed by atoms with Crippen molar-refractivity contribution in [2.45, 2.75) is 39.2 Å². The van der Waals surface area contributed by atoms with Gasteiger partial charge in [0.25, 0.3) is 11.5 Å². The van der Waals surface area contributed by atoms with Crippen molar-refractivity contribution < 1.29 is 13.2 Å². The SMILES string of the molecule is Cc1nc2cc(C3CCCCN3C(=O)c3cc(Br)ccc3NS(C)(=O)=O)[nH]n2c(=O)c1C. The maximum Gasteiger partial charge on any atom is 0.275 e. The smallest absolute Gasteiger partial charge is 0.275 e. The highest BCUT2D eigenvalue weighted by atomic mass is 79.9. The van der Waals surface area contributed by atoms with E-state index in [0.29, 0.717) is 34.3 Å². The van der Waals surface area contributed by atoms with Gasteiger partial charge in [0.1, 0.15) is 0 Å². The van der Waals surface area contributed by atoms with Crippen molar-refractivity contribution in [3.8, 4) is 0 Å². The molecule has 1 aliphatic rings. The van der Waals surface area contributed by atoms with Crippen LogP contribution in [0.4, 0.5) is 5.69 Å². The average Bonchev–Trinajstić information content (AvgIpc) is 3.16. The summed E-state index contributed by atoms with van der Waals surface area (Å²) >= 11 is 3.37.